The third-order valence-corrected chi connectivity index (χ3v) is 4.51. The third-order valence-electron chi connectivity index (χ3n) is 4.51. The summed E-state index contributed by atoms with van der Waals surface area (Å²) in [6, 6.07) is 6.60. The zero-order valence-electron chi connectivity index (χ0n) is 13.1. The van der Waals surface area contributed by atoms with Crippen molar-refractivity contribution in [2.24, 2.45) is 0 Å². The van der Waals surface area contributed by atoms with Crippen LogP contribution in [0, 0.1) is 0 Å². The maximum Gasteiger partial charge on any atom is 0.127 e. The first kappa shape index (κ1) is 13.9. The van der Waals surface area contributed by atoms with Crippen LogP contribution in [-0.4, -0.2) is 35.7 Å². The van der Waals surface area contributed by atoms with E-state index in [1.54, 1.807) is 0 Å². The van der Waals surface area contributed by atoms with Crippen molar-refractivity contribution in [1.29, 1.82) is 0 Å². The van der Waals surface area contributed by atoms with Crippen LogP contribution in [0.1, 0.15) is 38.8 Å². The number of ether oxygens (including phenoxy) is 1. The first-order valence-electron chi connectivity index (χ1n) is 7.63. The largest absolute Gasteiger partial charge is 0.487 e. The Labute approximate surface area is 122 Å². The maximum atomic E-state index is 6.19. The van der Waals surface area contributed by atoms with Crippen molar-refractivity contribution in [1.82, 2.24) is 10.2 Å². The summed E-state index contributed by atoms with van der Waals surface area (Å²) in [6.07, 6.45) is 1.02. The Balaban J connectivity index is 1.84. The zero-order valence-corrected chi connectivity index (χ0v) is 13.1. The summed E-state index contributed by atoms with van der Waals surface area (Å²) < 4.78 is 6.19. The molecule has 0 radical (unpaired) electrons. The molecular formula is C17H26N2O. The summed E-state index contributed by atoms with van der Waals surface area (Å²) in [7, 11) is 0. The van der Waals surface area contributed by atoms with E-state index in [0.29, 0.717) is 0 Å². The smallest absolute Gasteiger partial charge is 0.127 e. The molecule has 0 bridgehead atoms. The molecule has 2 heterocycles. The van der Waals surface area contributed by atoms with Crippen LogP contribution in [0.3, 0.4) is 0 Å². The molecule has 110 valence electrons. The number of hydrogen-bond acceptors (Lipinski definition) is 3. The lowest BCUT2D eigenvalue weighted by Gasteiger charge is -2.43. The molecule has 1 aromatic carbocycles. The number of para-hydroxylation sites is 1. The van der Waals surface area contributed by atoms with E-state index < -0.39 is 0 Å². The molecule has 1 fully saturated rings. The summed E-state index contributed by atoms with van der Waals surface area (Å²) in [5, 5.41) is 3.48. The molecule has 0 atom stereocenters. The Kier molecular flexibility index (Phi) is 3.30. The number of nitrogens with one attached hydrogen (secondary N) is 1. The number of piperazine rings is 1. The molecule has 1 aromatic rings. The minimum Gasteiger partial charge on any atom is -0.487 e. The molecule has 2 aliphatic rings. The van der Waals surface area contributed by atoms with E-state index >= 15 is 0 Å². The Bertz CT molecular complexity index is 508. The van der Waals surface area contributed by atoms with Crippen LogP contribution in [0.5, 0.6) is 5.75 Å². The van der Waals surface area contributed by atoms with Crippen LogP contribution in [0.4, 0.5) is 0 Å². The van der Waals surface area contributed by atoms with Gasteiger partial charge in [-0.3, -0.25) is 4.90 Å². The molecule has 0 spiro atoms. The van der Waals surface area contributed by atoms with Crippen LogP contribution < -0.4 is 10.1 Å². The van der Waals surface area contributed by atoms with Gasteiger partial charge in [0.15, 0.2) is 0 Å². The second-order valence-electron chi connectivity index (χ2n) is 7.35. The summed E-state index contributed by atoms with van der Waals surface area (Å²) in [6.45, 7) is 13.2. The Morgan fingerprint density at radius 3 is 2.80 bits per heavy atom. The van der Waals surface area contributed by atoms with E-state index in [-0.39, 0.29) is 11.1 Å². The Morgan fingerprint density at radius 1 is 1.25 bits per heavy atom. The summed E-state index contributed by atoms with van der Waals surface area (Å²) in [5.74, 6) is 1.13. The van der Waals surface area contributed by atoms with Gasteiger partial charge in [0, 0.05) is 43.7 Å². The average molecular weight is 274 g/mol. The number of benzene rings is 1. The molecule has 3 nitrogen and oxygen atoms in total. The van der Waals surface area contributed by atoms with Gasteiger partial charge in [-0.1, -0.05) is 18.2 Å². The zero-order chi connectivity index (χ0) is 14.4. The van der Waals surface area contributed by atoms with Crippen molar-refractivity contribution in [3.8, 4) is 5.75 Å². The second-order valence-corrected chi connectivity index (χ2v) is 7.35. The molecule has 3 rings (SSSR count). The Hall–Kier alpha value is -1.06. The fourth-order valence-corrected chi connectivity index (χ4v) is 3.33. The monoisotopic (exact) mass is 274 g/mol. The predicted octanol–water partition coefficient (Wildman–Crippen LogP) is 2.58. The minimum absolute atomic E-state index is 0.0581. The van der Waals surface area contributed by atoms with Crippen molar-refractivity contribution in [2.45, 2.75) is 51.8 Å². The van der Waals surface area contributed by atoms with Gasteiger partial charge in [0.25, 0.3) is 0 Å². The number of nitrogens with zero attached hydrogens (tertiary/aromatic N) is 1. The highest BCUT2D eigenvalue weighted by Gasteiger charge is 2.34. The van der Waals surface area contributed by atoms with Gasteiger partial charge in [0.1, 0.15) is 11.4 Å². The summed E-state index contributed by atoms with van der Waals surface area (Å²) in [4.78, 5) is 2.56. The summed E-state index contributed by atoms with van der Waals surface area (Å²) in [5.41, 5.74) is 2.84. The molecule has 0 saturated carbocycles. The number of rotatable bonds is 2. The van der Waals surface area contributed by atoms with Gasteiger partial charge in [0.05, 0.1) is 0 Å². The number of fused-ring (bicyclic) bond motifs is 1. The van der Waals surface area contributed by atoms with E-state index in [0.717, 1.165) is 38.3 Å². The lowest BCUT2D eigenvalue weighted by atomic mass is 9.97. The summed E-state index contributed by atoms with van der Waals surface area (Å²) >= 11 is 0. The molecule has 2 aliphatic heterocycles. The van der Waals surface area contributed by atoms with Crippen molar-refractivity contribution in [3.05, 3.63) is 29.3 Å². The predicted molar refractivity (Wildman–Crippen MR) is 82.2 cm³/mol. The SMILES string of the molecule is CC1(C)Cc2cccc(CN3CCNCC3(C)C)c2O1. The molecule has 3 heteroatoms. The van der Waals surface area contributed by atoms with E-state index in [1.807, 2.05) is 0 Å². The minimum atomic E-state index is -0.0581. The van der Waals surface area contributed by atoms with Gasteiger partial charge in [0.2, 0.25) is 0 Å². The van der Waals surface area contributed by atoms with E-state index in [9.17, 15) is 0 Å². The lowest BCUT2D eigenvalue weighted by Crippen LogP contribution is -2.57. The van der Waals surface area contributed by atoms with Gasteiger partial charge in [-0.25, -0.2) is 0 Å². The maximum absolute atomic E-state index is 6.19. The van der Waals surface area contributed by atoms with E-state index in [1.165, 1.54) is 11.1 Å². The highest BCUT2D eigenvalue weighted by molar-refractivity contribution is 5.45. The topological polar surface area (TPSA) is 24.5 Å². The van der Waals surface area contributed by atoms with Crippen LogP contribution in [0.2, 0.25) is 0 Å². The fraction of sp³-hybridized carbons (Fsp3) is 0.647. The quantitative estimate of drug-likeness (QED) is 0.897. The fourth-order valence-electron chi connectivity index (χ4n) is 3.33. The Morgan fingerprint density at radius 2 is 2.05 bits per heavy atom. The van der Waals surface area contributed by atoms with Crippen LogP contribution in [-0.2, 0) is 13.0 Å². The van der Waals surface area contributed by atoms with Gasteiger partial charge < -0.3 is 10.1 Å². The van der Waals surface area contributed by atoms with Crippen molar-refractivity contribution < 1.29 is 4.74 Å². The third kappa shape index (κ3) is 2.57. The van der Waals surface area contributed by atoms with Gasteiger partial charge in [-0.15, -0.1) is 0 Å². The van der Waals surface area contributed by atoms with Crippen LogP contribution >= 0.6 is 0 Å². The van der Waals surface area contributed by atoms with Crippen LogP contribution in [0.25, 0.3) is 0 Å². The first-order valence-corrected chi connectivity index (χ1v) is 7.63. The molecule has 20 heavy (non-hydrogen) atoms. The van der Waals surface area contributed by atoms with E-state index in [4.69, 9.17) is 4.74 Å². The second kappa shape index (κ2) is 4.74. The molecule has 1 N–H and O–H groups in total. The molecule has 1 saturated heterocycles. The molecule has 0 aliphatic carbocycles. The van der Waals surface area contributed by atoms with Gasteiger partial charge in [-0.05, 0) is 33.3 Å². The number of hydrogen-bond donors (Lipinski definition) is 1. The van der Waals surface area contributed by atoms with Crippen molar-refractivity contribution in [3.63, 3.8) is 0 Å². The molecular weight excluding hydrogens is 248 g/mol. The van der Waals surface area contributed by atoms with Gasteiger partial charge in [-0.2, -0.15) is 0 Å². The normalized spacial score (nSPS) is 24.2. The molecule has 0 amide bonds. The van der Waals surface area contributed by atoms with Crippen molar-refractivity contribution in [2.75, 3.05) is 19.6 Å². The van der Waals surface area contributed by atoms with E-state index in [2.05, 4.69) is 56.1 Å². The highest BCUT2D eigenvalue weighted by atomic mass is 16.5. The molecule has 0 aromatic heterocycles. The van der Waals surface area contributed by atoms with Crippen LogP contribution in [0.15, 0.2) is 18.2 Å². The lowest BCUT2D eigenvalue weighted by molar-refractivity contribution is 0.0794. The highest BCUT2D eigenvalue weighted by Crippen LogP contribution is 2.38. The molecule has 0 unspecified atom stereocenters. The standard InChI is InChI=1S/C17H26N2O/c1-16(2)12-18-8-9-19(16)11-14-7-5-6-13-10-17(3,4)20-15(13)14/h5-7,18H,8-12H2,1-4H3. The van der Waals surface area contributed by atoms with Crippen molar-refractivity contribution >= 4 is 0 Å². The van der Waals surface area contributed by atoms with Gasteiger partial charge >= 0.3 is 0 Å². The first-order chi connectivity index (χ1) is 9.37. The average Bonchev–Trinajstić information content (AvgIpc) is 2.67.